The van der Waals surface area contributed by atoms with Gasteiger partial charge in [-0.25, -0.2) is 0 Å². The molecule has 1 saturated carbocycles. The van der Waals surface area contributed by atoms with Crippen molar-refractivity contribution in [2.24, 2.45) is 5.73 Å². The fourth-order valence-electron chi connectivity index (χ4n) is 1.25. The van der Waals surface area contributed by atoms with E-state index in [1.165, 1.54) is 0 Å². The summed E-state index contributed by atoms with van der Waals surface area (Å²) in [6.45, 7) is 2.35. The molecule has 84 valence electrons. The second-order valence-electron chi connectivity index (χ2n) is 3.73. The summed E-state index contributed by atoms with van der Waals surface area (Å²) in [4.78, 5) is 0. The molecule has 0 heterocycles. The normalized spacial score (nSPS) is 19.6. The van der Waals surface area contributed by atoms with Crippen molar-refractivity contribution in [3.63, 3.8) is 0 Å². The van der Waals surface area contributed by atoms with Gasteiger partial charge in [0, 0.05) is 18.6 Å². The zero-order valence-electron chi connectivity index (χ0n) is 8.49. The van der Waals surface area contributed by atoms with E-state index < -0.39 is 10.2 Å². The van der Waals surface area contributed by atoms with Gasteiger partial charge in [0.05, 0.1) is 0 Å². The molecule has 1 rings (SSSR count). The minimum atomic E-state index is -3.33. The molecule has 1 atom stereocenters. The highest BCUT2D eigenvalue weighted by atomic mass is 32.2. The third kappa shape index (κ3) is 4.36. The van der Waals surface area contributed by atoms with Gasteiger partial charge in [0.25, 0.3) is 10.2 Å². The van der Waals surface area contributed by atoms with E-state index in [9.17, 15) is 8.42 Å². The monoisotopic (exact) mass is 221 g/mol. The van der Waals surface area contributed by atoms with Crippen LogP contribution in [0.4, 0.5) is 0 Å². The second kappa shape index (κ2) is 5.06. The molecule has 1 fully saturated rings. The van der Waals surface area contributed by atoms with E-state index in [2.05, 4.69) is 9.44 Å². The minimum Gasteiger partial charge on any atom is -0.329 e. The van der Waals surface area contributed by atoms with Crippen LogP contribution in [0.1, 0.15) is 32.6 Å². The van der Waals surface area contributed by atoms with Gasteiger partial charge in [-0.3, -0.25) is 0 Å². The molecule has 0 radical (unpaired) electrons. The van der Waals surface area contributed by atoms with Crippen LogP contribution in [0, 0.1) is 0 Å². The summed E-state index contributed by atoms with van der Waals surface area (Å²) >= 11 is 0. The number of hydrogen-bond donors (Lipinski definition) is 3. The molecule has 0 amide bonds. The summed E-state index contributed by atoms with van der Waals surface area (Å²) in [5.74, 6) is 0. The van der Waals surface area contributed by atoms with Gasteiger partial charge in [0.1, 0.15) is 0 Å². The standard InChI is InChI=1S/C8H19N3O2S/c1-2-3-8(6-9)11-14(12,13)10-7-4-5-7/h7-8,10-11H,2-6,9H2,1H3. The Morgan fingerprint density at radius 2 is 2.14 bits per heavy atom. The van der Waals surface area contributed by atoms with Gasteiger partial charge in [-0.15, -0.1) is 0 Å². The van der Waals surface area contributed by atoms with E-state index in [4.69, 9.17) is 5.73 Å². The Morgan fingerprint density at radius 3 is 2.57 bits per heavy atom. The second-order valence-corrected chi connectivity index (χ2v) is 5.21. The van der Waals surface area contributed by atoms with Crippen LogP contribution in [0.5, 0.6) is 0 Å². The molecule has 1 aliphatic rings. The number of hydrogen-bond acceptors (Lipinski definition) is 3. The molecule has 0 bridgehead atoms. The Kier molecular flexibility index (Phi) is 4.31. The Hall–Kier alpha value is -0.170. The summed E-state index contributed by atoms with van der Waals surface area (Å²) < 4.78 is 28.0. The van der Waals surface area contributed by atoms with Crippen molar-refractivity contribution >= 4 is 10.2 Å². The summed E-state index contributed by atoms with van der Waals surface area (Å²) in [5, 5.41) is 0. The highest BCUT2D eigenvalue weighted by Gasteiger charge is 2.27. The molecule has 0 saturated heterocycles. The highest BCUT2D eigenvalue weighted by Crippen LogP contribution is 2.19. The van der Waals surface area contributed by atoms with Gasteiger partial charge in [0.15, 0.2) is 0 Å². The van der Waals surface area contributed by atoms with E-state index in [1.807, 2.05) is 6.92 Å². The van der Waals surface area contributed by atoms with Crippen LogP contribution < -0.4 is 15.2 Å². The van der Waals surface area contributed by atoms with Crippen molar-refractivity contribution in [3.05, 3.63) is 0 Å². The highest BCUT2D eigenvalue weighted by molar-refractivity contribution is 7.87. The van der Waals surface area contributed by atoms with E-state index in [0.29, 0.717) is 6.54 Å². The predicted molar refractivity (Wildman–Crippen MR) is 56.0 cm³/mol. The van der Waals surface area contributed by atoms with Gasteiger partial charge in [-0.2, -0.15) is 17.9 Å². The van der Waals surface area contributed by atoms with Crippen LogP contribution in [0.2, 0.25) is 0 Å². The van der Waals surface area contributed by atoms with Crippen LogP contribution in [0.25, 0.3) is 0 Å². The molecular formula is C8H19N3O2S. The number of nitrogens with one attached hydrogen (secondary N) is 2. The van der Waals surface area contributed by atoms with Gasteiger partial charge in [-0.05, 0) is 19.3 Å². The van der Waals surface area contributed by atoms with Gasteiger partial charge in [0.2, 0.25) is 0 Å². The average Bonchev–Trinajstić information content (AvgIpc) is 2.86. The third-order valence-corrected chi connectivity index (χ3v) is 3.43. The zero-order valence-corrected chi connectivity index (χ0v) is 9.31. The van der Waals surface area contributed by atoms with Crippen molar-refractivity contribution in [1.29, 1.82) is 0 Å². The topological polar surface area (TPSA) is 84.2 Å². The lowest BCUT2D eigenvalue weighted by atomic mass is 10.2. The molecular weight excluding hydrogens is 202 g/mol. The van der Waals surface area contributed by atoms with Crippen LogP contribution in [0.15, 0.2) is 0 Å². The van der Waals surface area contributed by atoms with Crippen LogP contribution in [-0.4, -0.2) is 27.0 Å². The fraction of sp³-hybridized carbons (Fsp3) is 1.00. The van der Waals surface area contributed by atoms with E-state index >= 15 is 0 Å². The predicted octanol–water partition coefficient (Wildman–Crippen LogP) is -0.300. The quantitative estimate of drug-likeness (QED) is 0.552. The maximum absolute atomic E-state index is 11.4. The smallest absolute Gasteiger partial charge is 0.277 e. The first-order valence-corrected chi connectivity index (χ1v) is 6.55. The summed E-state index contributed by atoms with van der Waals surface area (Å²) in [7, 11) is -3.33. The first kappa shape index (κ1) is 11.9. The van der Waals surface area contributed by atoms with Crippen molar-refractivity contribution in [2.45, 2.75) is 44.7 Å². The van der Waals surface area contributed by atoms with Crippen molar-refractivity contribution in [1.82, 2.24) is 9.44 Å². The van der Waals surface area contributed by atoms with Crippen molar-refractivity contribution in [3.8, 4) is 0 Å². The Labute approximate surface area is 85.6 Å². The van der Waals surface area contributed by atoms with Gasteiger partial charge < -0.3 is 5.73 Å². The van der Waals surface area contributed by atoms with Crippen molar-refractivity contribution < 1.29 is 8.42 Å². The number of rotatable bonds is 7. The molecule has 6 heteroatoms. The van der Waals surface area contributed by atoms with E-state index in [-0.39, 0.29) is 12.1 Å². The minimum absolute atomic E-state index is 0.142. The van der Waals surface area contributed by atoms with Crippen LogP contribution >= 0.6 is 0 Å². The maximum atomic E-state index is 11.4. The summed E-state index contributed by atoms with van der Waals surface area (Å²) in [5.41, 5.74) is 5.46. The van der Waals surface area contributed by atoms with E-state index in [1.54, 1.807) is 0 Å². The Morgan fingerprint density at radius 1 is 1.50 bits per heavy atom. The molecule has 0 aromatic carbocycles. The summed E-state index contributed by atoms with van der Waals surface area (Å²) in [6.07, 6.45) is 3.60. The Bertz CT molecular complexity index is 262. The lowest BCUT2D eigenvalue weighted by molar-refractivity contribution is 0.517. The van der Waals surface area contributed by atoms with Gasteiger partial charge in [-0.1, -0.05) is 13.3 Å². The third-order valence-electron chi connectivity index (χ3n) is 2.14. The molecule has 0 aliphatic heterocycles. The van der Waals surface area contributed by atoms with Crippen molar-refractivity contribution in [2.75, 3.05) is 6.54 Å². The van der Waals surface area contributed by atoms with E-state index in [0.717, 1.165) is 25.7 Å². The zero-order chi connectivity index (χ0) is 10.6. The molecule has 14 heavy (non-hydrogen) atoms. The molecule has 1 unspecified atom stereocenters. The summed E-state index contributed by atoms with van der Waals surface area (Å²) in [6, 6.07) is 0.00352. The fourth-order valence-corrected chi connectivity index (χ4v) is 2.64. The van der Waals surface area contributed by atoms with Crippen LogP contribution in [0.3, 0.4) is 0 Å². The maximum Gasteiger partial charge on any atom is 0.277 e. The lowest BCUT2D eigenvalue weighted by Gasteiger charge is -2.16. The molecule has 0 spiro atoms. The lowest BCUT2D eigenvalue weighted by Crippen LogP contribution is -2.46. The first-order chi connectivity index (χ1) is 6.57. The largest absolute Gasteiger partial charge is 0.329 e. The molecule has 0 aromatic heterocycles. The SMILES string of the molecule is CCCC(CN)NS(=O)(=O)NC1CC1. The first-order valence-electron chi connectivity index (χ1n) is 5.07. The van der Waals surface area contributed by atoms with Gasteiger partial charge >= 0.3 is 0 Å². The average molecular weight is 221 g/mol. The Balaban J connectivity index is 2.38. The molecule has 4 N–H and O–H groups in total. The molecule has 5 nitrogen and oxygen atoms in total. The molecule has 1 aliphatic carbocycles. The number of nitrogens with two attached hydrogens (primary N) is 1. The molecule has 0 aromatic rings. The van der Waals surface area contributed by atoms with Crippen LogP contribution in [-0.2, 0) is 10.2 Å².